The third kappa shape index (κ3) is 5.96. The van der Waals surface area contributed by atoms with Gasteiger partial charge in [0.05, 0.1) is 12.8 Å². The summed E-state index contributed by atoms with van der Waals surface area (Å²) in [6.07, 6.45) is 3.71. The molecule has 2 aromatic rings. The van der Waals surface area contributed by atoms with Gasteiger partial charge in [-0.25, -0.2) is 0 Å². The van der Waals surface area contributed by atoms with Gasteiger partial charge < -0.3 is 15.1 Å². The van der Waals surface area contributed by atoms with E-state index >= 15 is 0 Å². The number of furan rings is 1. The number of hydrogen-bond donors (Lipinski definition) is 2. The summed E-state index contributed by atoms with van der Waals surface area (Å²) in [5.41, 5.74) is 2.14. The Kier molecular flexibility index (Phi) is 6.65. The van der Waals surface area contributed by atoms with Gasteiger partial charge in [0, 0.05) is 13.1 Å². The van der Waals surface area contributed by atoms with E-state index in [9.17, 15) is 9.59 Å². The van der Waals surface area contributed by atoms with E-state index in [1.54, 1.807) is 6.26 Å². The number of piperidine rings is 1. The third-order valence-corrected chi connectivity index (χ3v) is 5.00. The quantitative estimate of drug-likeness (QED) is 0.766. The van der Waals surface area contributed by atoms with Crippen molar-refractivity contribution in [2.75, 3.05) is 19.6 Å². The molecule has 1 aliphatic heterocycles. The lowest BCUT2D eigenvalue weighted by Crippen LogP contribution is -2.43. The fourth-order valence-electron chi connectivity index (χ4n) is 3.26. The minimum absolute atomic E-state index is 0.359. The highest BCUT2D eigenvalue weighted by Crippen LogP contribution is 2.18. The average molecular weight is 369 g/mol. The molecule has 0 radical (unpaired) electrons. The smallest absolute Gasteiger partial charge is 0.309 e. The molecule has 6 heteroatoms. The number of nitrogens with one attached hydrogen (secondary N) is 2. The van der Waals surface area contributed by atoms with Gasteiger partial charge in [0.15, 0.2) is 0 Å². The number of rotatable bonds is 6. The van der Waals surface area contributed by atoms with Gasteiger partial charge in [-0.1, -0.05) is 29.8 Å². The maximum atomic E-state index is 12.0. The van der Waals surface area contributed by atoms with Crippen molar-refractivity contribution in [3.05, 3.63) is 59.5 Å². The van der Waals surface area contributed by atoms with Gasteiger partial charge in [-0.2, -0.15) is 0 Å². The molecule has 1 saturated heterocycles. The number of nitrogens with zero attached hydrogens (tertiary/aromatic N) is 1. The topological polar surface area (TPSA) is 74.6 Å². The van der Waals surface area contributed by atoms with Crippen molar-refractivity contribution < 1.29 is 14.0 Å². The number of carbonyl (C=O) groups excluding carboxylic acids is 2. The van der Waals surface area contributed by atoms with Crippen molar-refractivity contribution in [3.8, 4) is 0 Å². The average Bonchev–Trinajstić information content (AvgIpc) is 3.19. The molecule has 2 N–H and O–H groups in total. The second kappa shape index (κ2) is 9.37. The zero-order valence-electron chi connectivity index (χ0n) is 15.7. The lowest BCUT2D eigenvalue weighted by Gasteiger charge is -2.31. The minimum atomic E-state index is -0.578. The van der Waals surface area contributed by atoms with Crippen LogP contribution in [-0.4, -0.2) is 36.3 Å². The molecule has 27 heavy (non-hydrogen) atoms. The molecular weight excluding hydrogens is 342 g/mol. The summed E-state index contributed by atoms with van der Waals surface area (Å²) in [7, 11) is 0. The van der Waals surface area contributed by atoms with Crippen LogP contribution in [0.4, 0.5) is 0 Å². The van der Waals surface area contributed by atoms with Gasteiger partial charge in [-0.05, 0) is 56.5 Å². The van der Waals surface area contributed by atoms with Crippen LogP contribution >= 0.6 is 0 Å². The molecule has 0 atom stereocenters. The second-order valence-corrected chi connectivity index (χ2v) is 7.18. The molecule has 2 heterocycles. The SMILES string of the molecule is Cc1ccc(CNC(=O)C(=O)NCC2CCN(Cc3ccco3)CC2)cc1. The normalized spacial score (nSPS) is 15.4. The first-order valence-electron chi connectivity index (χ1n) is 9.46. The summed E-state index contributed by atoms with van der Waals surface area (Å²) in [5.74, 6) is 0.254. The number of likely N-dealkylation sites (tertiary alicyclic amines) is 1. The van der Waals surface area contributed by atoms with Gasteiger partial charge in [0.2, 0.25) is 0 Å². The molecule has 2 amide bonds. The minimum Gasteiger partial charge on any atom is -0.468 e. The summed E-state index contributed by atoms with van der Waals surface area (Å²) in [5, 5.41) is 5.44. The van der Waals surface area contributed by atoms with Crippen LogP contribution in [0.2, 0.25) is 0 Å². The van der Waals surface area contributed by atoms with Gasteiger partial charge in [-0.3, -0.25) is 14.5 Å². The van der Waals surface area contributed by atoms with Crippen LogP contribution in [0.3, 0.4) is 0 Å². The molecule has 1 aromatic carbocycles. The van der Waals surface area contributed by atoms with E-state index in [4.69, 9.17) is 4.42 Å². The Bertz CT molecular complexity index is 733. The van der Waals surface area contributed by atoms with Crippen molar-refractivity contribution in [1.82, 2.24) is 15.5 Å². The van der Waals surface area contributed by atoms with Crippen LogP contribution in [0, 0.1) is 12.8 Å². The van der Waals surface area contributed by atoms with Crippen molar-refractivity contribution in [2.24, 2.45) is 5.92 Å². The lowest BCUT2D eigenvalue weighted by molar-refractivity contribution is -0.139. The first kappa shape index (κ1) is 19.2. The number of amides is 2. The highest BCUT2D eigenvalue weighted by molar-refractivity contribution is 6.35. The van der Waals surface area contributed by atoms with Gasteiger partial charge in [0.1, 0.15) is 5.76 Å². The van der Waals surface area contributed by atoms with E-state index in [-0.39, 0.29) is 0 Å². The molecule has 0 unspecified atom stereocenters. The number of aryl methyl sites for hydroxylation is 1. The lowest BCUT2D eigenvalue weighted by atomic mass is 9.96. The van der Waals surface area contributed by atoms with Crippen LogP contribution in [-0.2, 0) is 22.7 Å². The van der Waals surface area contributed by atoms with Crippen LogP contribution in [0.15, 0.2) is 47.1 Å². The third-order valence-electron chi connectivity index (χ3n) is 5.00. The Hall–Kier alpha value is -2.60. The van der Waals surface area contributed by atoms with Gasteiger partial charge in [0.25, 0.3) is 0 Å². The molecule has 0 spiro atoms. The number of carbonyl (C=O) groups is 2. The molecule has 0 aliphatic carbocycles. The zero-order chi connectivity index (χ0) is 19.1. The molecule has 0 bridgehead atoms. The van der Waals surface area contributed by atoms with E-state index in [2.05, 4.69) is 15.5 Å². The molecule has 0 saturated carbocycles. The standard InChI is InChI=1S/C21H27N3O3/c1-16-4-6-17(7-5-16)13-22-20(25)21(26)23-14-18-8-10-24(11-9-18)15-19-3-2-12-27-19/h2-7,12,18H,8-11,13-15H2,1H3,(H,22,25)(H,23,26). The van der Waals surface area contributed by atoms with E-state index in [0.717, 1.165) is 49.4 Å². The highest BCUT2D eigenvalue weighted by Gasteiger charge is 2.21. The summed E-state index contributed by atoms with van der Waals surface area (Å²) in [6.45, 7) is 5.69. The molecule has 1 fully saturated rings. The summed E-state index contributed by atoms with van der Waals surface area (Å²) >= 11 is 0. The molecule has 1 aromatic heterocycles. The molecule has 3 rings (SSSR count). The Balaban J connectivity index is 1.33. The maximum Gasteiger partial charge on any atom is 0.309 e. The van der Waals surface area contributed by atoms with E-state index < -0.39 is 11.8 Å². The van der Waals surface area contributed by atoms with Gasteiger partial charge in [-0.15, -0.1) is 0 Å². The fourth-order valence-corrected chi connectivity index (χ4v) is 3.26. The van der Waals surface area contributed by atoms with E-state index in [1.807, 2.05) is 43.3 Å². The molecular formula is C21H27N3O3. The summed E-state index contributed by atoms with van der Waals surface area (Å²) < 4.78 is 5.39. The molecule has 144 valence electrons. The van der Waals surface area contributed by atoms with Crippen molar-refractivity contribution in [3.63, 3.8) is 0 Å². The van der Waals surface area contributed by atoms with E-state index in [1.165, 1.54) is 0 Å². The largest absolute Gasteiger partial charge is 0.468 e. The number of hydrogen-bond acceptors (Lipinski definition) is 4. The van der Waals surface area contributed by atoms with Crippen LogP contribution in [0.5, 0.6) is 0 Å². The predicted octanol–water partition coefficient (Wildman–Crippen LogP) is 2.23. The molecule has 1 aliphatic rings. The first-order valence-corrected chi connectivity index (χ1v) is 9.46. The second-order valence-electron chi connectivity index (χ2n) is 7.18. The predicted molar refractivity (Wildman–Crippen MR) is 103 cm³/mol. The fraction of sp³-hybridized carbons (Fsp3) is 0.429. The van der Waals surface area contributed by atoms with Crippen molar-refractivity contribution in [1.29, 1.82) is 0 Å². The molecule has 6 nitrogen and oxygen atoms in total. The van der Waals surface area contributed by atoms with Crippen molar-refractivity contribution in [2.45, 2.75) is 32.9 Å². The summed E-state index contributed by atoms with van der Waals surface area (Å²) in [6, 6.07) is 11.8. The van der Waals surface area contributed by atoms with Crippen LogP contribution in [0.1, 0.15) is 29.7 Å². The maximum absolute atomic E-state index is 12.0. The Morgan fingerprint density at radius 1 is 1.07 bits per heavy atom. The Morgan fingerprint density at radius 3 is 2.44 bits per heavy atom. The Labute approximate surface area is 159 Å². The van der Waals surface area contributed by atoms with Crippen LogP contribution < -0.4 is 10.6 Å². The first-order chi connectivity index (χ1) is 13.1. The van der Waals surface area contributed by atoms with Crippen molar-refractivity contribution >= 4 is 11.8 Å². The van der Waals surface area contributed by atoms with Gasteiger partial charge >= 0.3 is 11.8 Å². The Morgan fingerprint density at radius 2 is 1.78 bits per heavy atom. The zero-order valence-corrected chi connectivity index (χ0v) is 15.7. The van der Waals surface area contributed by atoms with Crippen LogP contribution in [0.25, 0.3) is 0 Å². The highest BCUT2D eigenvalue weighted by atomic mass is 16.3. The number of benzene rings is 1. The monoisotopic (exact) mass is 369 g/mol. The van der Waals surface area contributed by atoms with E-state index in [0.29, 0.717) is 19.0 Å². The summed E-state index contributed by atoms with van der Waals surface area (Å²) in [4.78, 5) is 26.3.